The zero-order valence-electron chi connectivity index (χ0n) is 10.9. The molecule has 0 atom stereocenters. The number of hydrogen-bond acceptors (Lipinski definition) is 3. The van der Waals surface area contributed by atoms with Crippen LogP contribution in [0.2, 0.25) is 0 Å². The Morgan fingerprint density at radius 1 is 1.28 bits per heavy atom. The van der Waals surface area contributed by atoms with E-state index in [2.05, 4.69) is 11.6 Å². The summed E-state index contributed by atoms with van der Waals surface area (Å²) in [5.41, 5.74) is 0. The van der Waals surface area contributed by atoms with Crippen molar-refractivity contribution in [3.8, 4) is 0 Å². The molecule has 6 heteroatoms. The van der Waals surface area contributed by atoms with E-state index in [0.717, 1.165) is 18.8 Å². The third kappa shape index (κ3) is 6.35. The van der Waals surface area contributed by atoms with E-state index >= 15 is 0 Å². The van der Waals surface area contributed by atoms with Crippen LogP contribution in [0.1, 0.15) is 45.4 Å². The lowest BCUT2D eigenvalue weighted by atomic mass is 9.83. The zero-order valence-corrected chi connectivity index (χ0v) is 11.7. The quantitative estimate of drug-likeness (QED) is 0.740. The van der Waals surface area contributed by atoms with E-state index in [1.54, 1.807) is 0 Å². The number of carboxylic acids is 1. The highest BCUT2D eigenvalue weighted by Crippen LogP contribution is 2.27. The molecule has 1 aliphatic carbocycles. The van der Waals surface area contributed by atoms with Gasteiger partial charge in [0.25, 0.3) is 0 Å². The molecule has 0 heterocycles. The fourth-order valence-corrected chi connectivity index (χ4v) is 3.42. The third-order valence-electron chi connectivity index (χ3n) is 3.53. The molecule has 0 spiro atoms. The second-order valence-electron chi connectivity index (χ2n) is 5.29. The highest BCUT2D eigenvalue weighted by Gasteiger charge is 2.20. The maximum absolute atomic E-state index is 11.6. The second kappa shape index (κ2) is 7.09. The molecule has 1 fully saturated rings. The smallest absolute Gasteiger partial charge is 0.303 e. The average Bonchev–Trinajstić information content (AvgIpc) is 2.27. The lowest BCUT2D eigenvalue weighted by Gasteiger charge is -2.26. The van der Waals surface area contributed by atoms with Crippen LogP contribution in [0.15, 0.2) is 0 Å². The van der Waals surface area contributed by atoms with E-state index in [1.807, 2.05) is 0 Å². The fraction of sp³-hybridized carbons (Fsp3) is 0.917. The Labute approximate surface area is 109 Å². The Morgan fingerprint density at radius 2 is 1.89 bits per heavy atom. The molecule has 1 rings (SSSR count). The molecule has 5 nitrogen and oxygen atoms in total. The molecule has 1 saturated carbocycles. The van der Waals surface area contributed by atoms with Gasteiger partial charge in [-0.15, -0.1) is 0 Å². The van der Waals surface area contributed by atoms with Gasteiger partial charge in [0.15, 0.2) is 0 Å². The van der Waals surface area contributed by atoms with Crippen LogP contribution in [0.25, 0.3) is 0 Å². The van der Waals surface area contributed by atoms with Crippen LogP contribution in [-0.2, 0) is 14.8 Å². The van der Waals surface area contributed by atoms with Crippen molar-refractivity contribution in [3.05, 3.63) is 0 Å². The highest BCUT2D eigenvalue weighted by atomic mass is 32.2. The zero-order chi connectivity index (χ0) is 13.6. The topological polar surface area (TPSA) is 83.5 Å². The predicted octanol–water partition coefficient (Wildman–Crippen LogP) is 1.60. The molecule has 0 saturated heterocycles. The summed E-state index contributed by atoms with van der Waals surface area (Å²) in [6, 6.07) is 0. The van der Waals surface area contributed by atoms with Crippen molar-refractivity contribution in [2.24, 2.45) is 11.8 Å². The first kappa shape index (κ1) is 15.4. The van der Waals surface area contributed by atoms with Gasteiger partial charge in [0.1, 0.15) is 0 Å². The van der Waals surface area contributed by atoms with E-state index < -0.39 is 16.0 Å². The van der Waals surface area contributed by atoms with E-state index in [1.165, 1.54) is 12.8 Å². The molecule has 106 valence electrons. The molecule has 0 amide bonds. The van der Waals surface area contributed by atoms with Crippen molar-refractivity contribution in [2.45, 2.75) is 45.4 Å². The molecule has 0 radical (unpaired) electrons. The number of carboxylic acid groups (broad SMARTS) is 1. The minimum atomic E-state index is -3.30. The van der Waals surface area contributed by atoms with E-state index in [-0.39, 0.29) is 18.6 Å². The number of sulfonamides is 1. The van der Waals surface area contributed by atoms with Crippen LogP contribution in [0.3, 0.4) is 0 Å². The van der Waals surface area contributed by atoms with Gasteiger partial charge >= 0.3 is 5.97 Å². The fourth-order valence-electron chi connectivity index (χ4n) is 2.26. The number of aliphatic carboxylic acids is 1. The minimum Gasteiger partial charge on any atom is -0.481 e. The number of carbonyl (C=O) groups is 1. The SMILES string of the molecule is CC1CCC(CNS(=O)(=O)CCCC(=O)O)CC1. The number of rotatable bonds is 7. The monoisotopic (exact) mass is 277 g/mol. The van der Waals surface area contributed by atoms with Crippen molar-refractivity contribution in [3.63, 3.8) is 0 Å². The Kier molecular flexibility index (Phi) is 6.08. The highest BCUT2D eigenvalue weighted by molar-refractivity contribution is 7.89. The predicted molar refractivity (Wildman–Crippen MR) is 69.8 cm³/mol. The van der Waals surface area contributed by atoms with Gasteiger partial charge in [-0.05, 0) is 31.1 Å². The van der Waals surface area contributed by atoms with Crippen LogP contribution >= 0.6 is 0 Å². The van der Waals surface area contributed by atoms with Crippen molar-refractivity contribution in [1.29, 1.82) is 0 Å². The summed E-state index contributed by atoms with van der Waals surface area (Å²) in [6.45, 7) is 2.73. The van der Waals surface area contributed by atoms with Gasteiger partial charge in [0.2, 0.25) is 10.0 Å². The van der Waals surface area contributed by atoms with Crippen LogP contribution < -0.4 is 4.72 Å². The third-order valence-corrected chi connectivity index (χ3v) is 4.96. The summed E-state index contributed by atoms with van der Waals surface area (Å²) in [4.78, 5) is 10.3. The van der Waals surface area contributed by atoms with Crippen LogP contribution in [0.5, 0.6) is 0 Å². The van der Waals surface area contributed by atoms with Gasteiger partial charge in [0, 0.05) is 13.0 Å². The lowest BCUT2D eigenvalue weighted by Crippen LogP contribution is -2.32. The maximum Gasteiger partial charge on any atom is 0.303 e. The van der Waals surface area contributed by atoms with Crippen molar-refractivity contribution in [1.82, 2.24) is 4.72 Å². The summed E-state index contributed by atoms with van der Waals surface area (Å²) < 4.78 is 25.8. The first-order chi connectivity index (χ1) is 8.39. The van der Waals surface area contributed by atoms with E-state index in [9.17, 15) is 13.2 Å². The Bertz CT molecular complexity index is 358. The standard InChI is InChI=1S/C12H23NO4S/c1-10-4-6-11(7-5-10)9-13-18(16,17)8-2-3-12(14)15/h10-11,13H,2-9H2,1H3,(H,14,15). The molecule has 0 unspecified atom stereocenters. The minimum absolute atomic E-state index is 0.0948. The Hall–Kier alpha value is -0.620. The van der Waals surface area contributed by atoms with Crippen LogP contribution in [0, 0.1) is 11.8 Å². The maximum atomic E-state index is 11.6. The number of nitrogens with one attached hydrogen (secondary N) is 1. The Morgan fingerprint density at radius 3 is 2.44 bits per heavy atom. The van der Waals surface area contributed by atoms with Crippen LogP contribution in [0.4, 0.5) is 0 Å². The summed E-state index contributed by atoms with van der Waals surface area (Å²) in [5.74, 6) is 0.151. The normalized spacial score (nSPS) is 24.9. The number of hydrogen-bond donors (Lipinski definition) is 2. The summed E-state index contributed by atoms with van der Waals surface area (Å²) >= 11 is 0. The summed E-state index contributed by atoms with van der Waals surface area (Å²) in [5, 5.41) is 8.45. The van der Waals surface area contributed by atoms with E-state index in [4.69, 9.17) is 5.11 Å². The lowest BCUT2D eigenvalue weighted by molar-refractivity contribution is -0.137. The first-order valence-corrected chi connectivity index (χ1v) is 8.23. The summed E-state index contributed by atoms with van der Waals surface area (Å²) in [7, 11) is -3.30. The molecular formula is C12H23NO4S. The van der Waals surface area contributed by atoms with Gasteiger partial charge in [-0.1, -0.05) is 19.8 Å². The Balaban J connectivity index is 2.22. The van der Waals surface area contributed by atoms with Gasteiger partial charge in [0.05, 0.1) is 5.75 Å². The molecule has 0 aromatic rings. The largest absolute Gasteiger partial charge is 0.481 e. The molecule has 0 aromatic heterocycles. The second-order valence-corrected chi connectivity index (χ2v) is 7.22. The van der Waals surface area contributed by atoms with Crippen molar-refractivity contribution in [2.75, 3.05) is 12.3 Å². The average molecular weight is 277 g/mol. The molecule has 0 aliphatic heterocycles. The molecule has 0 bridgehead atoms. The molecule has 0 aromatic carbocycles. The van der Waals surface area contributed by atoms with Crippen molar-refractivity contribution >= 4 is 16.0 Å². The van der Waals surface area contributed by atoms with Gasteiger partial charge in [-0.25, -0.2) is 13.1 Å². The van der Waals surface area contributed by atoms with E-state index in [0.29, 0.717) is 12.5 Å². The van der Waals surface area contributed by atoms with Crippen LogP contribution in [-0.4, -0.2) is 31.8 Å². The van der Waals surface area contributed by atoms with Gasteiger partial charge in [-0.2, -0.15) is 0 Å². The molecule has 2 N–H and O–H groups in total. The van der Waals surface area contributed by atoms with Gasteiger partial charge < -0.3 is 5.11 Å². The van der Waals surface area contributed by atoms with Crippen molar-refractivity contribution < 1.29 is 18.3 Å². The molecular weight excluding hydrogens is 254 g/mol. The molecule has 1 aliphatic rings. The summed E-state index contributed by atoms with van der Waals surface area (Å²) in [6.07, 6.45) is 4.59. The molecule has 18 heavy (non-hydrogen) atoms. The first-order valence-electron chi connectivity index (χ1n) is 6.58. The van der Waals surface area contributed by atoms with Gasteiger partial charge in [-0.3, -0.25) is 4.79 Å².